The van der Waals surface area contributed by atoms with Crippen LogP contribution in [0.25, 0.3) is 10.9 Å². The van der Waals surface area contributed by atoms with Crippen molar-refractivity contribution < 1.29 is 0 Å². The number of hydrogen-bond acceptors (Lipinski definition) is 5. The summed E-state index contributed by atoms with van der Waals surface area (Å²) >= 11 is 0. The van der Waals surface area contributed by atoms with Crippen molar-refractivity contribution in [3.05, 3.63) is 65.9 Å². The first-order valence-corrected chi connectivity index (χ1v) is 12.0. The predicted octanol–water partition coefficient (Wildman–Crippen LogP) is 4.05. The highest BCUT2D eigenvalue weighted by Gasteiger charge is 2.30. The minimum Gasteiger partial charge on any atom is -0.369 e. The number of benzene rings is 2. The van der Waals surface area contributed by atoms with Crippen LogP contribution >= 0.6 is 0 Å². The molecule has 0 bridgehead atoms. The number of anilines is 2. The topological polar surface area (TPSA) is 34.6 Å². The van der Waals surface area contributed by atoms with E-state index in [-0.39, 0.29) is 0 Å². The van der Waals surface area contributed by atoms with E-state index in [1.807, 2.05) is 6.20 Å². The highest BCUT2D eigenvalue weighted by Crippen LogP contribution is 2.31. The number of rotatable bonds is 4. The van der Waals surface area contributed by atoms with Crippen LogP contribution in [0.15, 0.2) is 54.7 Å². The lowest BCUT2D eigenvalue weighted by Crippen LogP contribution is -2.56. The van der Waals surface area contributed by atoms with Crippen LogP contribution in [0.4, 0.5) is 11.4 Å². The zero-order valence-electron chi connectivity index (χ0n) is 19.6. The quantitative estimate of drug-likeness (QED) is 0.677. The molecule has 3 aromatic rings. The van der Waals surface area contributed by atoms with E-state index in [4.69, 9.17) is 0 Å². The lowest BCUT2D eigenvalue weighted by molar-refractivity contribution is 0.123. The van der Waals surface area contributed by atoms with Gasteiger partial charge in [0.2, 0.25) is 0 Å². The number of aryl methyl sites for hydroxylation is 1. The zero-order chi connectivity index (χ0) is 22.1. The fraction of sp³-hybridized carbons (Fsp3) is 0.444. The second kappa shape index (κ2) is 9.08. The number of piperazine rings is 2. The van der Waals surface area contributed by atoms with Gasteiger partial charge in [0.05, 0.1) is 5.52 Å². The van der Waals surface area contributed by atoms with Crippen molar-refractivity contribution >= 4 is 22.3 Å². The van der Waals surface area contributed by atoms with E-state index < -0.39 is 0 Å². The maximum Gasteiger partial charge on any atom is 0.0751 e. The van der Waals surface area contributed by atoms with Gasteiger partial charge in [-0.3, -0.25) is 9.88 Å². The smallest absolute Gasteiger partial charge is 0.0751 e. The lowest BCUT2D eigenvalue weighted by Gasteiger charge is -2.45. The Morgan fingerprint density at radius 3 is 2.34 bits per heavy atom. The molecule has 0 amide bonds. The maximum atomic E-state index is 4.64. The van der Waals surface area contributed by atoms with Gasteiger partial charge in [-0.25, -0.2) is 0 Å². The normalized spacial score (nSPS) is 22.5. The molecular weight excluding hydrogens is 394 g/mol. The molecule has 168 valence electrons. The molecule has 2 saturated heterocycles. The molecule has 0 saturated carbocycles. The first-order chi connectivity index (χ1) is 15.6. The van der Waals surface area contributed by atoms with Crippen molar-refractivity contribution in [2.45, 2.75) is 39.4 Å². The third-order valence-corrected chi connectivity index (χ3v) is 7.17. The fourth-order valence-corrected chi connectivity index (χ4v) is 5.39. The Morgan fingerprint density at radius 1 is 0.906 bits per heavy atom. The molecule has 5 rings (SSSR count). The number of pyridine rings is 1. The summed E-state index contributed by atoms with van der Waals surface area (Å²) in [5.74, 6) is 0. The van der Waals surface area contributed by atoms with E-state index in [1.165, 1.54) is 27.9 Å². The largest absolute Gasteiger partial charge is 0.369 e. The maximum absolute atomic E-state index is 4.64. The van der Waals surface area contributed by atoms with E-state index in [1.54, 1.807) is 0 Å². The minimum atomic E-state index is 0.486. The van der Waals surface area contributed by atoms with Crippen molar-refractivity contribution in [1.82, 2.24) is 15.2 Å². The van der Waals surface area contributed by atoms with Crippen LogP contribution in [-0.4, -0.2) is 61.2 Å². The average Bonchev–Trinajstić information content (AvgIpc) is 2.83. The van der Waals surface area contributed by atoms with Gasteiger partial charge in [-0.15, -0.1) is 0 Å². The minimum absolute atomic E-state index is 0.486. The molecule has 1 aromatic heterocycles. The summed E-state index contributed by atoms with van der Waals surface area (Å²) in [5.41, 5.74) is 6.44. The summed E-state index contributed by atoms with van der Waals surface area (Å²) in [7, 11) is 0. The molecule has 0 spiro atoms. The monoisotopic (exact) mass is 429 g/mol. The Bertz CT molecular complexity index is 1050. The molecule has 0 radical (unpaired) electrons. The predicted molar refractivity (Wildman–Crippen MR) is 135 cm³/mol. The van der Waals surface area contributed by atoms with Gasteiger partial charge < -0.3 is 15.1 Å². The van der Waals surface area contributed by atoms with Gasteiger partial charge in [-0.2, -0.15) is 0 Å². The molecule has 2 fully saturated rings. The first kappa shape index (κ1) is 21.2. The van der Waals surface area contributed by atoms with Crippen molar-refractivity contribution in [2.24, 2.45) is 0 Å². The van der Waals surface area contributed by atoms with Crippen LogP contribution in [0.2, 0.25) is 0 Å². The van der Waals surface area contributed by atoms with Crippen LogP contribution < -0.4 is 15.1 Å². The molecule has 32 heavy (non-hydrogen) atoms. The highest BCUT2D eigenvalue weighted by molar-refractivity contribution is 5.93. The van der Waals surface area contributed by atoms with Gasteiger partial charge in [0.25, 0.3) is 0 Å². The summed E-state index contributed by atoms with van der Waals surface area (Å²) in [6.07, 6.45) is 1.90. The molecular formula is C27H35N5. The zero-order valence-corrected chi connectivity index (χ0v) is 19.6. The summed E-state index contributed by atoms with van der Waals surface area (Å²) in [6, 6.07) is 19.0. The van der Waals surface area contributed by atoms with Crippen molar-refractivity contribution in [3.63, 3.8) is 0 Å². The number of hydrogen-bond donors (Lipinski definition) is 1. The number of aromatic nitrogens is 1. The highest BCUT2D eigenvalue weighted by atomic mass is 15.3. The second-order valence-corrected chi connectivity index (χ2v) is 9.48. The number of nitrogens with one attached hydrogen (secondary N) is 1. The lowest BCUT2D eigenvalue weighted by atomic mass is 10.0. The van der Waals surface area contributed by atoms with Crippen molar-refractivity contribution in [3.8, 4) is 0 Å². The van der Waals surface area contributed by atoms with Crippen molar-refractivity contribution in [1.29, 1.82) is 0 Å². The Morgan fingerprint density at radius 2 is 1.62 bits per heavy atom. The number of fused-ring (bicyclic) bond motifs is 1. The van der Waals surface area contributed by atoms with Gasteiger partial charge in [-0.1, -0.05) is 18.2 Å². The van der Waals surface area contributed by atoms with Gasteiger partial charge >= 0.3 is 0 Å². The molecule has 0 aliphatic carbocycles. The molecule has 2 aromatic carbocycles. The van der Waals surface area contributed by atoms with E-state index in [0.717, 1.165) is 51.3 Å². The summed E-state index contributed by atoms with van der Waals surface area (Å²) in [6.45, 7) is 14.3. The SMILES string of the molecule is Cc1ccc(N2CC(C)N(Cc3ccc(N4CCNCC4)cc3)C(C)C2)c2cccnc12. The molecule has 2 aliphatic rings. The molecule has 2 unspecified atom stereocenters. The molecule has 1 N–H and O–H groups in total. The van der Waals surface area contributed by atoms with Crippen LogP contribution in [-0.2, 0) is 6.54 Å². The Kier molecular flexibility index (Phi) is 6.03. The van der Waals surface area contributed by atoms with Gasteiger partial charge in [0.15, 0.2) is 0 Å². The van der Waals surface area contributed by atoms with E-state index in [0.29, 0.717) is 12.1 Å². The van der Waals surface area contributed by atoms with Gasteiger partial charge in [0.1, 0.15) is 0 Å². The molecule has 5 heteroatoms. The van der Waals surface area contributed by atoms with Gasteiger partial charge in [-0.05, 0) is 62.2 Å². The Labute approximate surface area is 192 Å². The second-order valence-electron chi connectivity index (χ2n) is 9.48. The third kappa shape index (κ3) is 4.19. The fourth-order valence-electron chi connectivity index (χ4n) is 5.39. The Hall–Kier alpha value is -2.63. The van der Waals surface area contributed by atoms with Crippen molar-refractivity contribution in [2.75, 3.05) is 49.1 Å². The van der Waals surface area contributed by atoms with Crippen LogP contribution in [0.1, 0.15) is 25.0 Å². The summed E-state index contributed by atoms with van der Waals surface area (Å²) in [5, 5.41) is 4.70. The van der Waals surface area contributed by atoms with Crippen LogP contribution in [0.3, 0.4) is 0 Å². The van der Waals surface area contributed by atoms with Crippen LogP contribution in [0, 0.1) is 6.92 Å². The molecule has 3 heterocycles. The third-order valence-electron chi connectivity index (χ3n) is 7.17. The molecule has 2 aliphatic heterocycles. The average molecular weight is 430 g/mol. The molecule has 5 nitrogen and oxygen atoms in total. The Balaban J connectivity index is 1.29. The number of nitrogens with zero attached hydrogens (tertiary/aromatic N) is 4. The molecule has 2 atom stereocenters. The van der Waals surface area contributed by atoms with Crippen LogP contribution in [0.5, 0.6) is 0 Å². The van der Waals surface area contributed by atoms with Gasteiger partial charge in [0, 0.05) is 80.9 Å². The summed E-state index contributed by atoms with van der Waals surface area (Å²) < 4.78 is 0. The van der Waals surface area contributed by atoms with E-state index >= 15 is 0 Å². The summed E-state index contributed by atoms with van der Waals surface area (Å²) in [4.78, 5) is 12.3. The standard InChI is InChI=1S/C27H35N5/c1-20-6-11-26(25-5-4-12-29-27(20)25)31-17-21(2)32(22(3)18-31)19-23-7-9-24(10-8-23)30-15-13-28-14-16-30/h4-12,21-22,28H,13-19H2,1-3H3. The van der Waals surface area contributed by atoms with E-state index in [2.05, 4.69) is 94.3 Å². The van der Waals surface area contributed by atoms with E-state index in [9.17, 15) is 0 Å². The first-order valence-electron chi connectivity index (χ1n) is 12.0.